The topological polar surface area (TPSA) is 39.1 Å². The summed E-state index contributed by atoms with van der Waals surface area (Å²) < 4.78 is 2.21. The molecule has 1 heterocycles. The third kappa shape index (κ3) is 1.91. The van der Waals surface area contributed by atoms with Crippen LogP contribution in [0.4, 0.5) is 0 Å². The number of carbonyl (C=O) groups excluding carboxylic acids is 2. The van der Waals surface area contributed by atoms with Gasteiger partial charge in [-0.05, 0) is 26.0 Å². The highest BCUT2D eigenvalue weighted by atomic mass is 16.2. The Labute approximate surface area is 140 Å². The summed E-state index contributed by atoms with van der Waals surface area (Å²) in [5, 5.41) is 1.07. The van der Waals surface area contributed by atoms with E-state index in [2.05, 4.69) is 17.6 Å². The minimum atomic E-state index is -0.177. The maximum absolute atomic E-state index is 12.6. The molecule has 0 atom stereocenters. The minimum Gasteiger partial charge on any atom is -0.345 e. The van der Waals surface area contributed by atoms with E-state index < -0.39 is 0 Å². The van der Waals surface area contributed by atoms with Gasteiger partial charge >= 0.3 is 0 Å². The van der Waals surface area contributed by atoms with Gasteiger partial charge in [0.25, 0.3) is 0 Å². The second-order valence-corrected chi connectivity index (χ2v) is 6.02. The predicted molar refractivity (Wildman–Crippen MR) is 95.4 cm³/mol. The molecule has 0 unspecified atom stereocenters. The van der Waals surface area contributed by atoms with Gasteiger partial charge in [0.15, 0.2) is 11.6 Å². The average Bonchev–Trinajstić information content (AvgIpc) is 3.02. The van der Waals surface area contributed by atoms with Crippen molar-refractivity contribution in [1.29, 1.82) is 0 Å². The SMILES string of the molecule is CCn1c(C)c(C=C2C(=O)c3ccccc3C2=O)c2ccccc21. The highest BCUT2D eigenvalue weighted by Crippen LogP contribution is 2.32. The Morgan fingerprint density at radius 2 is 1.50 bits per heavy atom. The lowest BCUT2D eigenvalue weighted by molar-refractivity contribution is 0.0990. The molecular formula is C21H17NO2. The number of nitrogens with zero attached hydrogens (tertiary/aromatic N) is 1. The number of para-hydroxylation sites is 1. The van der Waals surface area contributed by atoms with Gasteiger partial charge in [0.2, 0.25) is 0 Å². The van der Waals surface area contributed by atoms with E-state index >= 15 is 0 Å². The predicted octanol–water partition coefficient (Wildman–Crippen LogP) is 4.43. The van der Waals surface area contributed by atoms with Crippen LogP contribution in [0.25, 0.3) is 17.0 Å². The van der Waals surface area contributed by atoms with E-state index in [1.807, 2.05) is 25.1 Å². The second-order valence-electron chi connectivity index (χ2n) is 6.02. The fourth-order valence-corrected chi connectivity index (χ4v) is 3.60. The number of rotatable bonds is 2. The largest absolute Gasteiger partial charge is 0.345 e. The summed E-state index contributed by atoms with van der Waals surface area (Å²) in [5.74, 6) is -0.355. The van der Waals surface area contributed by atoms with Crippen LogP contribution in [0.1, 0.15) is 38.9 Å². The summed E-state index contributed by atoms with van der Waals surface area (Å²) in [6.07, 6.45) is 1.77. The van der Waals surface area contributed by atoms with Gasteiger partial charge in [0, 0.05) is 39.8 Å². The van der Waals surface area contributed by atoms with E-state index in [-0.39, 0.29) is 17.1 Å². The molecule has 0 amide bonds. The van der Waals surface area contributed by atoms with Crippen molar-refractivity contribution in [1.82, 2.24) is 4.57 Å². The summed E-state index contributed by atoms with van der Waals surface area (Å²) in [6, 6.07) is 15.1. The van der Waals surface area contributed by atoms with Crippen molar-refractivity contribution < 1.29 is 9.59 Å². The Morgan fingerprint density at radius 1 is 0.917 bits per heavy atom. The lowest BCUT2D eigenvalue weighted by Crippen LogP contribution is -2.01. The lowest BCUT2D eigenvalue weighted by atomic mass is 10.0. The van der Waals surface area contributed by atoms with Gasteiger partial charge in [0.1, 0.15) is 0 Å². The van der Waals surface area contributed by atoms with Crippen molar-refractivity contribution in [2.75, 3.05) is 0 Å². The van der Waals surface area contributed by atoms with Crippen molar-refractivity contribution in [2.45, 2.75) is 20.4 Å². The first-order chi connectivity index (χ1) is 11.6. The molecule has 2 aromatic carbocycles. The van der Waals surface area contributed by atoms with Gasteiger partial charge in [0.05, 0.1) is 5.57 Å². The quantitative estimate of drug-likeness (QED) is 0.518. The maximum Gasteiger partial charge on any atom is 0.197 e. The number of carbonyl (C=O) groups is 2. The molecule has 0 radical (unpaired) electrons. The van der Waals surface area contributed by atoms with Gasteiger partial charge in [-0.1, -0.05) is 42.5 Å². The first-order valence-electron chi connectivity index (χ1n) is 8.11. The van der Waals surface area contributed by atoms with Crippen LogP contribution < -0.4 is 0 Å². The molecule has 0 bridgehead atoms. The zero-order valence-electron chi connectivity index (χ0n) is 13.7. The van der Waals surface area contributed by atoms with Crippen LogP contribution in [0.15, 0.2) is 54.1 Å². The molecule has 1 aliphatic rings. The van der Waals surface area contributed by atoms with Crippen molar-refractivity contribution in [3.8, 4) is 0 Å². The second kappa shape index (κ2) is 5.31. The van der Waals surface area contributed by atoms with E-state index in [1.54, 1.807) is 30.3 Å². The highest BCUT2D eigenvalue weighted by molar-refractivity contribution is 6.41. The molecule has 3 heteroatoms. The van der Waals surface area contributed by atoms with Crippen molar-refractivity contribution in [2.24, 2.45) is 0 Å². The molecule has 24 heavy (non-hydrogen) atoms. The number of Topliss-reactive ketones (excluding diaryl/α,β-unsaturated/α-hetero) is 2. The molecule has 1 aliphatic carbocycles. The van der Waals surface area contributed by atoms with Gasteiger partial charge < -0.3 is 4.57 Å². The van der Waals surface area contributed by atoms with E-state index in [1.165, 1.54) is 0 Å². The summed E-state index contributed by atoms with van der Waals surface area (Å²) in [4.78, 5) is 25.3. The first-order valence-corrected chi connectivity index (χ1v) is 8.11. The molecule has 4 rings (SSSR count). The number of aromatic nitrogens is 1. The number of allylic oxidation sites excluding steroid dienone is 1. The smallest absolute Gasteiger partial charge is 0.197 e. The monoisotopic (exact) mass is 315 g/mol. The van der Waals surface area contributed by atoms with Crippen LogP contribution in [-0.2, 0) is 6.54 Å². The van der Waals surface area contributed by atoms with Gasteiger partial charge in [-0.15, -0.1) is 0 Å². The van der Waals surface area contributed by atoms with Crippen LogP contribution in [0, 0.1) is 6.92 Å². The molecular weight excluding hydrogens is 298 g/mol. The number of hydrogen-bond donors (Lipinski definition) is 0. The molecule has 0 spiro atoms. The van der Waals surface area contributed by atoms with Crippen LogP contribution in [-0.4, -0.2) is 16.1 Å². The Kier molecular flexibility index (Phi) is 3.24. The molecule has 0 saturated heterocycles. The molecule has 3 nitrogen and oxygen atoms in total. The van der Waals surface area contributed by atoms with E-state index in [0.717, 1.165) is 28.7 Å². The Hall–Kier alpha value is -2.94. The molecule has 118 valence electrons. The van der Waals surface area contributed by atoms with Crippen molar-refractivity contribution in [3.05, 3.63) is 76.5 Å². The Bertz CT molecular complexity index is 1000. The van der Waals surface area contributed by atoms with Crippen LogP contribution >= 0.6 is 0 Å². The van der Waals surface area contributed by atoms with Crippen molar-refractivity contribution >= 4 is 28.5 Å². The Morgan fingerprint density at radius 3 is 2.12 bits per heavy atom. The first kappa shape index (κ1) is 14.6. The molecule has 0 N–H and O–H groups in total. The van der Waals surface area contributed by atoms with E-state index in [4.69, 9.17) is 0 Å². The van der Waals surface area contributed by atoms with Crippen molar-refractivity contribution in [3.63, 3.8) is 0 Å². The number of hydrogen-bond acceptors (Lipinski definition) is 2. The molecule has 0 aliphatic heterocycles. The number of aryl methyl sites for hydroxylation is 1. The fourth-order valence-electron chi connectivity index (χ4n) is 3.60. The van der Waals surface area contributed by atoms with Gasteiger partial charge in [-0.2, -0.15) is 0 Å². The lowest BCUT2D eigenvalue weighted by Gasteiger charge is -2.03. The third-order valence-electron chi connectivity index (χ3n) is 4.79. The molecule has 0 fully saturated rings. The number of benzene rings is 2. The maximum atomic E-state index is 12.6. The molecule has 3 aromatic rings. The minimum absolute atomic E-state index is 0.177. The molecule has 0 saturated carbocycles. The number of ketones is 2. The highest BCUT2D eigenvalue weighted by Gasteiger charge is 2.33. The number of fused-ring (bicyclic) bond motifs is 2. The zero-order chi connectivity index (χ0) is 16.8. The van der Waals surface area contributed by atoms with Crippen LogP contribution in [0.2, 0.25) is 0 Å². The van der Waals surface area contributed by atoms with Gasteiger partial charge in [-0.3, -0.25) is 9.59 Å². The normalized spacial score (nSPS) is 13.7. The summed E-state index contributed by atoms with van der Waals surface area (Å²) in [5.41, 5.74) is 4.43. The summed E-state index contributed by atoms with van der Waals surface area (Å²) in [7, 11) is 0. The molecule has 1 aromatic heterocycles. The fraction of sp³-hybridized carbons (Fsp3) is 0.143. The van der Waals surface area contributed by atoms with E-state index in [9.17, 15) is 9.59 Å². The van der Waals surface area contributed by atoms with Crippen LogP contribution in [0.3, 0.4) is 0 Å². The summed E-state index contributed by atoms with van der Waals surface area (Å²) in [6.45, 7) is 4.97. The van der Waals surface area contributed by atoms with Crippen LogP contribution in [0.5, 0.6) is 0 Å². The summed E-state index contributed by atoms with van der Waals surface area (Å²) >= 11 is 0. The zero-order valence-corrected chi connectivity index (χ0v) is 13.7. The van der Waals surface area contributed by atoms with Gasteiger partial charge in [-0.25, -0.2) is 0 Å². The average molecular weight is 315 g/mol. The van der Waals surface area contributed by atoms with E-state index in [0.29, 0.717) is 11.1 Å². The Balaban J connectivity index is 1.95. The third-order valence-corrected chi connectivity index (χ3v) is 4.79. The standard InChI is InChI=1S/C21H17NO2/c1-3-22-13(2)17(14-8-6-7-11-19(14)22)12-18-20(23)15-9-4-5-10-16(15)21(18)24/h4-12H,3H2,1-2H3.